The molecule has 5 aliphatic rings. The lowest BCUT2D eigenvalue weighted by atomic mass is 9.77. The van der Waals surface area contributed by atoms with Crippen LogP contribution in [0.25, 0.3) is 16.7 Å². The summed E-state index contributed by atoms with van der Waals surface area (Å²) in [7, 11) is -2.76. The maximum Gasteiger partial charge on any atom is 0.268 e. The lowest BCUT2D eigenvalue weighted by Gasteiger charge is -2.47. The minimum atomic E-state index is -4.58. The first kappa shape index (κ1) is 54.4. The van der Waals surface area contributed by atoms with Gasteiger partial charge in [0.2, 0.25) is 17.2 Å². The van der Waals surface area contributed by atoms with Gasteiger partial charge in [0.25, 0.3) is 13.7 Å². The highest BCUT2D eigenvalue weighted by Gasteiger charge is 2.51. The molecule has 2 saturated heterocycles. The average molecular weight is 1080 g/mol. The summed E-state index contributed by atoms with van der Waals surface area (Å²) >= 11 is 0. The van der Waals surface area contributed by atoms with E-state index in [1.165, 1.54) is 28.5 Å². The number of carbonyl (C=O) groups is 2. The van der Waals surface area contributed by atoms with Crippen molar-refractivity contribution in [2.24, 2.45) is 0 Å². The van der Waals surface area contributed by atoms with Crippen molar-refractivity contribution in [1.29, 1.82) is 0 Å². The number of aliphatic hydroxyl groups is 1. The van der Waals surface area contributed by atoms with Gasteiger partial charge in [0.15, 0.2) is 28.7 Å². The Kier molecular flexibility index (Phi) is 15.1. The van der Waals surface area contributed by atoms with Crippen LogP contribution in [0.2, 0.25) is 0 Å². The Balaban J connectivity index is 0.775. The number of nitrogens with two attached hydrogens (primary N) is 1. The van der Waals surface area contributed by atoms with Crippen LogP contribution < -0.4 is 46.0 Å². The molecule has 2 aromatic heterocycles. The molecule has 0 bridgehead atoms. The first-order chi connectivity index (χ1) is 36.7. The van der Waals surface area contributed by atoms with E-state index in [1.54, 1.807) is 9.47 Å². The van der Waals surface area contributed by atoms with E-state index in [4.69, 9.17) is 24.3 Å². The van der Waals surface area contributed by atoms with Gasteiger partial charge in [-0.15, -0.1) is 0 Å². The van der Waals surface area contributed by atoms with Crippen LogP contribution in [0.4, 0.5) is 17.5 Å². The summed E-state index contributed by atoms with van der Waals surface area (Å²) in [4.78, 5) is 57.0. The lowest BCUT2D eigenvalue weighted by molar-refractivity contribution is -0.245. The van der Waals surface area contributed by atoms with Gasteiger partial charge in [0.1, 0.15) is 42.7 Å². The molecule has 3 aromatic carbocycles. The van der Waals surface area contributed by atoms with Crippen molar-refractivity contribution in [3.8, 4) is 11.5 Å². The molecule has 412 valence electrons. The summed E-state index contributed by atoms with van der Waals surface area (Å²) in [5.74, 6) is 2.52. The number of aromatic nitrogens is 4. The number of nitrogens with zero attached hydrogens (tertiary/aromatic N) is 7. The van der Waals surface area contributed by atoms with Crippen LogP contribution in [0.3, 0.4) is 0 Å². The zero-order valence-electron chi connectivity index (χ0n) is 45.9. The largest absolute Gasteiger partial charge is 0.756 e. The number of fused-ring (bicyclic) bond motifs is 6. The number of phosphoric ester groups is 1. The molecule has 2 fully saturated rings. The van der Waals surface area contributed by atoms with Gasteiger partial charge in [-0.3, -0.25) is 18.7 Å². The van der Waals surface area contributed by atoms with Gasteiger partial charge in [-0.05, 0) is 108 Å². The minimum absolute atomic E-state index is 0.0198. The molecule has 10 rings (SSSR count). The Morgan fingerprint density at radius 3 is 2.48 bits per heavy atom. The van der Waals surface area contributed by atoms with Crippen molar-refractivity contribution in [3.63, 3.8) is 0 Å². The normalized spacial score (nSPS) is 24.8. The monoisotopic (exact) mass is 1070 g/mol. The number of aliphatic hydroxyl groups excluding tert-OH is 1. The Morgan fingerprint density at radius 2 is 1.71 bits per heavy atom. The lowest BCUT2D eigenvalue weighted by Crippen LogP contribution is -2.52. The first-order valence-corrected chi connectivity index (χ1v) is 29.0. The van der Waals surface area contributed by atoms with Crippen molar-refractivity contribution in [3.05, 3.63) is 93.3 Å². The average Bonchev–Trinajstić information content (AvgIpc) is 4.03. The van der Waals surface area contributed by atoms with Gasteiger partial charge in [-0.25, -0.2) is 19.5 Å². The third-order valence-electron chi connectivity index (χ3n) is 16.5. The van der Waals surface area contributed by atoms with Crippen LogP contribution >= 0.6 is 7.82 Å². The fourth-order valence-electron chi connectivity index (χ4n) is 13.0. The number of amides is 2. The predicted molar refractivity (Wildman–Crippen MR) is 294 cm³/mol. The second kappa shape index (κ2) is 21.4. The van der Waals surface area contributed by atoms with Gasteiger partial charge in [-0.1, -0.05) is 44.9 Å². The number of anilines is 3. The number of imidazole rings is 1. The molecule has 5 aromatic rings. The number of phosphoric acid groups is 1. The molecule has 0 aliphatic carbocycles. The van der Waals surface area contributed by atoms with Crippen LogP contribution in [0.15, 0.2) is 54.9 Å². The van der Waals surface area contributed by atoms with Crippen LogP contribution in [-0.4, -0.2) is 117 Å². The van der Waals surface area contributed by atoms with Gasteiger partial charge >= 0.3 is 0 Å². The third kappa shape index (κ3) is 10.3. The molecule has 5 N–H and O–H groups in total. The second-order valence-corrected chi connectivity index (χ2v) is 24.2. The first-order valence-electron chi connectivity index (χ1n) is 27.5. The van der Waals surface area contributed by atoms with Crippen molar-refractivity contribution in [2.75, 3.05) is 62.3 Å². The number of hydrogen-bond acceptors (Lipinski definition) is 15. The van der Waals surface area contributed by atoms with Gasteiger partial charge in [0.05, 0.1) is 12.7 Å². The molecule has 19 nitrogen and oxygen atoms in total. The molecular formula is C57H75N10O9P. The van der Waals surface area contributed by atoms with E-state index in [1.807, 2.05) is 25.2 Å². The third-order valence-corrected chi connectivity index (χ3v) is 17.4. The van der Waals surface area contributed by atoms with E-state index in [0.717, 1.165) is 85.0 Å². The summed E-state index contributed by atoms with van der Waals surface area (Å²) in [5, 5.41) is 19.7. The summed E-state index contributed by atoms with van der Waals surface area (Å²) in [6.45, 7) is 21.3. The molecule has 7 atom stereocenters. The highest BCUT2D eigenvalue weighted by atomic mass is 31.2. The Morgan fingerprint density at radius 1 is 0.961 bits per heavy atom. The quantitative estimate of drug-likeness (QED) is 0.0436. The fraction of sp³-hybridized carbons (Fsp3) is 0.544. The van der Waals surface area contributed by atoms with E-state index in [2.05, 4.69) is 121 Å². The number of nitrogen functional groups attached to an aromatic ring is 1. The van der Waals surface area contributed by atoms with Gasteiger partial charge in [0, 0.05) is 90.8 Å². The Labute approximate surface area is 450 Å². The number of nitrogens with one attached hydrogen (secondary N) is 2. The van der Waals surface area contributed by atoms with Crippen LogP contribution in [0.1, 0.15) is 157 Å². The molecule has 0 saturated carbocycles. The fourth-order valence-corrected chi connectivity index (χ4v) is 13.9. The van der Waals surface area contributed by atoms with Crippen LogP contribution in [0, 0.1) is 0 Å². The number of unbranched alkanes of at least 4 members (excludes halogenated alkanes) is 3. The maximum absolute atomic E-state index is 14.7. The van der Waals surface area contributed by atoms with E-state index < -0.39 is 32.4 Å². The summed E-state index contributed by atoms with van der Waals surface area (Å²) in [6.07, 6.45) is 2.94. The summed E-state index contributed by atoms with van der Waals surface area (Å²) in [5.41, 5.74) is 13.9. The maximum atomic E-state index is 14.7. The summed E-state index contributed by atoms with van der Waals surface area (Å²) in [6, 6.07) is 17.1. The molecule has 3 unspecified atom stereocenters. The van der Waals surface area contributed by atoms with Crippen molar-refractivity contribution >= 4 is 53.8 Å². The van der Waals surface area contributed by atoms with E-state index in [-0.39, 0.29) is 41.7 Å². The van der Waals surface area contributed by atoms with Gasteiger partial charge < -0.3 is 54.7 Å². The molecule has 20 heteroatoms. The number of benzene rings is 3. The van der Waals surface area contributed by atoms with Crippen molar-refractivity contribution < 1.29 is 42.7 Å². The number of carbonyl (C=O) groups excluding carboxylic acids is 2. The highest BCUT2D eigenvalue weighted by molar-refractivity contribution is 7.45. The zero-order valence-corrected chi connectivity index (χ0v) is 46.8. The molecule has 0 radical (unpaired) electrons. The number of ether oxygens (including phenoxy) is 2. The SMILES string of the molecule is CCN1c2cc3c(cc2C(C)CC1(C)C)C(c1ccccc1C(=O)N(C)CCCC(=O)NCCCCCCNc1nc2c(N)ncnc2n1[C@@H]1O[C@@H]2COP(=O)([O-])O[C@H]2[C@H]1O)=c1cc2c(cc1O3)=[N+](CC)C(C)(C)CC2C. The summed E-state index contributed by atoms with van der Waals surface area (Å²) < 4.78 is 39.0. The van der Waals surface area contributed by atoms with Crippen molar-refractivity contribution in [2.45, 2.75) is 154 Å². The highest BCUT2D eigenvalue weighted by Crippen LogP contribution is 2.51. The van der Waals surface area contributed by atoms with E-state index in [0.29, 0.717) is 60.6 Å². The van der Waals surface area contributed by atoms with E-state index in [9.17, 15) is 24.2 Å². The Hall–Kier alpha value is -5.95. The van der Waals surface area contributed by atoms with Crippen LogP contribution in [0.5, 0.6) is 11.5 Å². The molecule has 5 aliphatic heterocycles. The molecule has 0 spiro atoms. The molecule has 2 amide bonds. The Bertz CT molecular complexity index is 3290. The standard InChI is InChI=1S/C57H75N10O9P/c1-10-65-41-27-43-39(25-37(41)33(3)29-56(65,5)6)47(40-26-38-34(4)30-57(7,8)66(11-2)42(38)28-44(40)74-43)35-19-14-15-20-36(35)53(70)64(9)24-18-21-46(68)59-22-16-12-13-17-23-60-55-63-48-51(58)61-32-62-52(48)67(55)54-49(69)50-45(75-54)31-73-77(71,72)76-50/h14-15,19-20,25-28,32-34,45,49-50,54,58,69H,10-13,16-18,21-24,29-31H2,1-9H3,(H3,59,68,70,71,72)/t33?,34?,45-,49-,50-,54-/m1/s1. The number of hydrogen-bond donors (Lipinski definition) is 4. The second-order valence-electron chi connectivity index (χ2n) is 22.8. The van der Waals surface area contributed by atoms with Crippen LogP contribution in [-0.2, 0) is 23.1 Å². The van der Waals surface area contributed by atoms with E-state index >= 15 is 0 Å². The predicted octanol–water partition coefficient (Wildman–Crippen LogP) is 6.45. The zero-order chi connectivity index (χ0) is 54.7. The van der Waals surface area contributed by atoms with Crippen molar-refractivity contribution in [1.82, 2.24) is 34.3 Å². The minimum Gasteiger partial charge on any atom is -0.756 e. The molecule has 77 heavy (non-hydrogen) atoms. The van der Waals surface area contributed by atoms with Gasteiger partial charge in [-0.2, -0.15) is 0 Å². The number of rotatable bonds is 17. The molecule has 7 heterocycles. The smallest absolute Gasteiger partial charge is 0.268 e. The topological polar surface area (TPSA) is 235 Å². The molecular weight excluding hydrogens is 1000 g/mol.